The zero-order valence-corrected chi connectivity index (χ0v) is 10.6. The first-order valence-electron chi connectivity index (χ1n) is 6.03. The van der Waals surface area contributed by atoms with Crippen LogP contribution in [-0.2, 0) is 4.79 Å². The van der Waals surface area contributed by atoms with Crippen molar-refractivity contribution in [2.45, 2.75) is 45.1 Å². The maximum atomic E-state index is 12.1. The molecule has 5 nitrogen and oxygen atoms in total. The molecule has 0 spiro atoms. The van der Waals surface area contributed by atoms with Crippen molar-refractivity contribution < 1.29 is 19.1 Å². The fraction of sp³-hybridized carbons (Fsp3) is 0.538. The van der Waals surface area contributed by atoms with Gasteiger partial charge in [-0.3, -0.25) is 9.59 Å². The van der Waals surface area contributed by atoms with E-state index in [0.29, 0.717) is 18.6 Å². The number of carbonyl (C=O) groups excluding carboxylic acids is 1. The lowest BCUT2D eigenvalue weighted by molar-refractivity contribution is -0.139. The van der Waals surface area contributed by atoms with E-state index in [2.05, 4.69) is 5.32 Å². The molecular formula is C13H17NO4. The summed E-state index contributed by atoms with van der Waals surface area (Å²) in [6, 6.07) is 1.79. The molecule has 1 aromatic rings. The van der Waals surface area contributed by atoms with Gasteiger partial charge in [-0.2, -0.15) is 0 Å². The highest BCUT2D eigenvalue weighted by Crippen LogP contribution is 2.35. The van der Waals surface area contributed by atoms with Crippen molar-refractivity contribution >= 4 is 11.9 Å². The highest BCUT2D eigenvalue weighted by Gasteiger charge is 2.41. The second kappa shape index (κ2) is 4.48. The standard InChI is InChI=1S/C13H17NO4/c1-8-6-9(2)18-11(8)12(17)14-13(4-3-5-13)7-10(15)16/h6H,3-5,7H2,1-2H3,(H,14,17)(H,15,16). The normalized spacial score (nSPS) is 17.0. The minimum absolute atomic E-state index is 0.0303. The van der Waals surface area contributed by atoms with Crippen LogP contribution in [0.3, 0.4) is 0 Å². The Morgan fingerprint density at radius 2 is 2.11 bits per heavy atom. The zero-order valence-electron chi connectivity index (χ0n) is 10.6. The van der Waals surface area contributed by atoms with E-state index in [1.54, 1.807) is 19.9 Å². The maximum Gasteiger partial charge on any atom is 0.305 e. The average Bonchev–Trinajstić information content (AvgIpc) is 2.53. The Morgan fingerprint density at radius 1 is 1.44 bits per heavy atom. The lowest BCUT2D eigenvalue weighted by Gasteiger charge is -2.41. The average molecular weight is 251 g/mol. The van der Waals surface area contributed by atoms with Crippen LogP contribution in [0.15, 0.2) is 10.5 Å². The lowest BCUT2D eigenvalue weighted by Crippen LogP contribution is -2.54. The first-order valence-corrected chi connectivity index (χ1v) is 6.03. The zero-order chi connectivity index (χ0) is 13.3. The Hall–Kier alpha value is -1.78. The third-order valence-corrected chi connectivity index (χ3v) is 3.43. The highest BCUT2D eigenvalue weighted by atomic mass is 16.4. The van der Waals surface area contributed by atoms with Crippen LogP contribution < -0.4 is 5.32 Å². The molecule has 1 aliphatic carbocycles. The van der Waals surface area contributed by atoms with Gasteiger partial charge in [0.25, 0.3) is 5.91 Å². The van der Waals surface area contributed by atoms with Crippen molar-refractivity contribution in [1.29, 1.82) is 0 Å². The number of aryl methyl sites for hydroxylation is 2. The van der Waals surface area contributed by atoms with Gasteiger partial charge in [0.1, 0.15) is 5.76 Å². The Labute approximate surface area is 105 Å². The summed E-state index contributed by atoms with van der Waals surface area (Å²) in [5.41, 5.74) is 0.186. The number of hydrogen-bond donors (Lipinski definition) is 2. The Bertz CT molecular complexity index is 485. The minimum atomic E-state index is -0.887. The third-order valence-electron chi connectivity index (χ3n) is 3.43. The predicted molar refractivity (Wildman–Crippen MR) is 64.5 cm³/mol. The van der Waals surface area contributed by atoms with Crippen molar-refractivity contribution in [3.63, 3.8) is 0 Å². The second-order valence-corrected chi connectivity index (χ2v) is 5.03. The Kier molecular flexibility index (Phi) is 3.15. The number of aliphatic carboxylic acids is 1. The summed E-state index contributed by atoms with van der Waals surface area (Å²) in [7, 11) is 0. The van der Waals surface area contributed by atoms with Gasteiger partial charge in [0.2, 0.25) is 0 Å². The van der Waals surface area contributed by atoms with Gasteiger partial charge in [0, 0.05) is 5.56 Å². The monoisotopic (exact) mass is 251 g/mol. The topological polar surface area (TPSA) is 79.5 Å². The van der Waals surface area contributed by atoms with Crippen molar-refractivity contribution in [1.82, 2.24) is 5.32 Å². The Balaban J connectivity index is 2.11. The molecule has 1 heterocycles. The van der Waals surface area contributed by atoms with Crippen LogP contribution in [0.1, 0.15) is 47.6 Å². The van der Waals surface area contributed by atoms with E-state index in [-0.39, 0.29) is 18.1 Å². The maximum absolute atomic E-state index is 12.1. The molecule has 1 amide bonds. The summed E-state index contributed by atoms with van der Waals surface area (Å²) in [4.78, 5) is 22.9. The number of amides is 1. The molecule has 5 heteroatoms. The number of furan rings is 1. The molecule has 0 atom stereocenters. The van der Waals surface area contributed by atoms with E-state index in [0.717, 1.165) is 12.0 Å². The predicted octanol–water partition coefficient (Wildman–Crippen LogP) is 2.02. The second-order valence-electron chi connectivity index (χ2n) is 5.03. The van der Waals surface area contributed by atoms with E-state index in [1.807, 2.05) is 0 Å². The first-order chi connectivity index (χ1) is 8.42. The largest absolute Gasteiger partial charge is 0.481 e. The van der Waals surface area contributed by atoms with Gasteiger partial charge in [0.15, 0.2) is 5.76 Å². The first kappa shape index (κ1) is 12.7. The molecule has 0 saturated heterocycles. The van der Waals surface area contributed by atoms with Crippen molar-refractivity contribution in [3.05, 3.63) is 23.2 Å². The quantitative estimate of drug-likeness (QED) is 0.858. The lowest BCUT2D eigenvalue weighted by atomic mass is 9.74. The molecule has 18 heavy (non-hydrogen) atoms. The van der Waals surface area contributed by atoms with Crippen LogP contribution in [0.25, 0.3) is 0 Å². The molecule has 2 rings (SSSR count). The molecule has 0 aromatic carbocycles. The third kappa shape index (κ3) is 2.39. The van der Waals surface area contributed by atoms with Gasteiger partial charge >= 0.3 is 5.97 Å². The SMILES string of the molecule is Cc1cc(C)c(C(=O)NC2(CC(=O)O)CCC2)o1. The molecule has 1 saturated carbocycles. The molecule has 1 fully saturated rings. The molecule has 98 valence electrons. The number of hydrogen-bond acceptors (Lipinski definition) is 3. The Morgan fingerprint density at radius 3 is 2.50 bits per heavy atom. The minimum Gasteiger partial charge on any atom is -0.481 e. The molecule has 2 N–H and O–H groups in total. The van der Waals surface area contributed by atoms with Crippen molar-refractivity contribution in [2.24, 2.45) is 0 Å². The summed E-state index contributed by atoms with van der Waals surface area (Å²) >= 11 is 0. The van der Waals surface area contributed by atoms with Crippen LogP contribution in [0.4, 0.5) is 0 Å². The van der Waals surface area contributed by atoms with Gasteiger partial charge in [-0.05, 0) is 39.2 Å². The van der Waals surface area contributed by atoms with Crippen LogP contribution >= 0.6 is 0 Å². The van der Waals surface area contributed by atoms with E-state index in [4.69, 9.17) is 9.52 Å². The van der Waals surface area contributed by atoms with Crippen molar-refractivity contribution in [2.75, 3.05) is 0 Å². The van der Waals surface area contributed by atoms with Gasteiger partial charge in [-0.25, -0.2) is 0 Å². The highest BCUT2D eigenvalue weighted by molar-refractivity contribution is 5.93. The van der Waals surface area contributed by atoms with Gasteiger partial charge in [-0.1, -0.05) is 0 Å². The van der Waals surface area contributed by atoms with Crippen LogP contribution in [0.5, 0.6) is 0 Å². The number of nitrogens with one attached hydrogen (secondary N) is 1. The molecule has 0 aliphatic heterocycles. The van der Waals surface area contributed by atoms with E-state index >= 15 is 0 Å². The number of carboxylic acid groups (broad SMARTS) is 1. The number of carbonyl (C=O) groups is 2. The summed E-state index contributed by atoms with van der Waals surface area (Å²) in [6.45, 7) is 3.58. The fourth-order valence-corrected chi connectivity index (χ4v) is 2.40. The molecule has 0 bridgehead atoms. The van der Waals surface area contributed by atoms with Gasteiger partial charge in [0.05, 0.1) is 12.0 Å². The van der Waals surface area contributed by atoms with E-state index in [9.17, 15) is 9.59 Å². The smallest absolute Gasteiger partial charge is 0.305 e. The molecule has 0 unspecified atom stereocenters. The summed E-state index contributed by atoms with van der Waals surface area (Å²) < 4.78 is 5.34. The van der Waals surface area contributed by atoms with Crippen LogP contribution in [0.2, 0.25) is 0 Å². The molecule has 1 aromatic heterocycles. The van der Waals surface area contributed by atoms with Gasteiger partial charge < -0.3 is 14.8 Å². The summed E-state index contributed by atoms with van der Waals surface area (Å²) in [6.07, 6.45) is 2.34. The molecule has 0 radical (unpaired) electrons. The van der Waals surface area contributed by atoms with Crippen LogP contribution in [0, 0.1) is 13.8 Å². The molecule has 1 aliphatic rings. The van der Waals surface area contributed by atoms with E-state index in [1.165, 1.54) is 0 Å². The van der Waals surface area contributed by atoms with Crippen LogP contribution in [-0.4, -0.2) is 22.5 Å². The van der Waals surface area contributed by atoms with E-state index < -0.39 is 11.5 Å². The summed E-state index contributed by atoms with van der Waals surface area (Å²) in [5, 5.41) is 11.7. The summed E-state index contributed by atoms with van der Waals surface area (Å²) in [5.74, 6) is -0.244. The van der Waals surface area contributed by atoms with Gasteiger partial charge in [-0.15, -0.1) is 0 Å². The van der Waals surface area contributed by atoms with Crippen molar-refractivity contribution in [3.8, 4) is 0 Å². The fourth-order valence-electron chi connectivity index (χ4n) is 2.40. The molecular weight excluding hydrogens is 234 g/mol. The number of rotatable bonds is 4. The number of carboxylic acids is 1.